The highest BCUT2D eigenvalue weighted by Gasteiger charge is 2.22. The molecule has 5 heteroatoms. The Hall–Kier alpha value is -2.56. The van der Waals surface area contributed by atoms with E-state index in [1.807, 2.05) is 53.4 Å². The van der Waals surface area contributed by atoms with Gasteiger partial charge in [0.25, 0.3) is 5.91 Å². The van der Waals surface area contributed by atoms with Gasteiger partial charge in [-0.05, 0) is 42.8 Å². The van der Waals surface area contributed by atoms with Gasteiger partial charge < -0.3 is 14.2 Å². The van der Waals surface area contributed by atoms with Crippen molar-refractivity contribution in [2.75, 3.05) is 20.2 Å². The van der Waals surface area contributed by atoms with Crippen molar-refractivity contribution < 1.29 is 14.3 Å². The van der Waals surface area contributed by atoms with E-state index in [1.165, 1.54) is 7.11 Å². The van der Waals surface area contributed by atoms with E-state index < -0.39 is 0 Å². The number of hydrogen-bond donors (Lipinski definition) is 0. The van der Waals surface area contributed by atoms with Gasteiger partial charge in [-0.15, -0.1) is 0 Å². The van der Waals surface area contributed by atoms with Gasteiger partial charge in [0.1, 0.15) is 0 Å². The highest BCUT2D eigenvalue weighted by atomic mass is 16.5. The van der Waals surface area contributed by atoms with Crippen LogP contribution in [0, 0.1) is 5.92 Å². The van der Waals surface area contributed by atoms with Gasteiger partial charge >= 0.3 is 5.97 Å². The lowest BCUT2D eigenvalue weighted by Crippen LogP contribution is -2.38. The van der Waals surface area contributed by atoms with Crippen molar-refractivity contribution in [1.29, 1.82) is 0 Å². The Labute approximate surface area is 149 Å². The predicted octanol–water partition coefficient (Wildman–Crippen LogP) is 3.53. The summed E-state index contributed by atoms with van der Waals surface area (Å²) in [6.45, 7) is 4.87. The molecule has 0 bridgehead atoms. The standard InChI is InChI=1S/C20H26N2O3/c1-4-5-12-22(15-16(2)20(24)25-3)19(23)17-8-10-18(11-9-17)21-13-6-7-14-21/h6-11,13-14,16H,4-5,12,15H2,1-3H3. The number of nitrogens with zero attached hydrogens (tertiary/aromatic N) is 2. The molecule has 1 amide bonds. The molecule has 0 saturated heterocycles. The molecule has 5 nitrogen and oxygen atoms in total. The van der Waals surface area contributed by atoms with E-state index in [2.05, 4.69) is 6.92 Å². The summed E-state index contributed by atoms with van der Waals surface area (Å²) in [5, 5.41) is 0. The first-order chi connectivity index (χ1) is 12.1. The minimum atomic E-state index is -0.343. The molecule has 25 heavy (non-hydrogen) atoms. The molecule has 0 N–H and O–H groups in total. The lowest BCUT2D eigenvalue weighted by molar-refractivity contribution is -0.145. The lowest BCUT2D eigenvalue weighted by atomic mass is 10.1. The molecule has 1 aromatic carbocycles. The van der Waals surface area contributed by atoms with Gasteiger partial charge in [-0.2, -0.15) is 0 Å². The molecule has 1 atom stereocenters. The molecule has 134 valence electrons. The molecular weight excluding hydrogens is 316 g/mol. The van der Waals surface area contributed by atoms with Gasteiger partial charge in [0, 0.05) is 36.7 Å². The number of hydrogen-bond acceptors (Lipinski definition) is 3. The van der Waals surface area contributed by atoms with E-state index in [0.29, 0.717) is 18.7 Å². The average Bonchev–Trinajstić information content (AvgIpc) is 3.18. The van der Waals surface area contributed by atoms with Crippen molar-refractivity contribution in [1.82, 2.24) is 9.47 Å². The Kier molecular flexibility index (Phi) is 6.81. The van der Waals surface area contributed by atoms with Gasteiger partial charge in [-0.1, -0.05) is 20.3 Å². The second-order valence-electron chi connectivity index (χ2n) is 6.17. The first-order valence-electron chi connectivity index (χ1n) is 8.67. The maximum atomic E-state index is 12.9. The number of unbranched alkanes of at least 4 members (excludes halogenated alkanes) is 1. The van der Waals surface area contributed by atoms with Gasteiger partial charge in [0.2, 0.25) is 0 Å². The fraction of sp³-hybridized carbons (Fsp3) is 0.400. The molecule has 1 unspecified atom stereocenters. The fourth-order valence-corrected chi connectivity index (χ4v) is 2.70. The van der Waals surface area contributed by atoms with Gasteiger partial charge in [0.05, 0.1) is 13.0 Å². The molecule has 0 aliphatic rings. The Balaban J connectivity index is 2.13. The summed E-state index contributed by atoms with van der Waals surface area (Å²) in [6, 6.07) is 11.4. The van der Waals surface area contributed by atoms with Crippen LogP contribution in [0.2, 0.25) is 0 Å². The first-order valence-corrected chi connectivity index (χ1v) is 8.67. The summed E-state index contributed by atoms with van der Waals surface area (Å²) < 4.78 is 6.77. The molecule has 1 aromatic heterocycles. The summed E-state index contributed by atoms with van der Waals surface area (Å²) in [4.78, 5) is 26.3. The molecule has 1 heterocycles. The number of methoxy groups -OCH3 is 1. The molecule has 0 spiro atoms. The zero-order valence-electron chi connectivity index (χ0n) is 15.1. The zero-order chi connectivity index (χ0) is 18.2. The van der Waals surface area contributed by atoms with E-state index in [-0.39, 0.29) is 17.8 Å². The average molecular weight is 342 g/mol. The smallest absolute Gasteiger partial charge is 0.310 e. The number of rotatable bonds is 8. The number of ether oxygens (including phenoxy) is 1. The van der Waals surface area contributed by atoms with Crippen molar-refractivity contribution in [3.05, 3.63) is 54.4 Å². The van der Waals surface area contributed by atoms with Crippen LogP contribution in [0.25, 0.3) is 5.69 Å². The molecule has 2 aromatic rings. The zero-order valence-corrected chi connectivity index (χ0v) is 15.1. The van der Waals surface area contributed by atoms with Crippen LogP contribution in [0.4, 0.5) is 0 Å². The van der Waals surface area contributed by atoms with Crippen molar-refractivity contribution in [2.24, 2.45) is 5.92 Å². The molecule has 0 fully saturated rings. The van der Waals surface area contributed by atoms with Crippen LogP contribution >= 0.6 is 0 Å². The minimum absolute atomic E-state index is 0.0525. The van der Waals surface area contributed by atoms with Crippen LogP contribution in [0.5, 0.6) is 0 Å². The number of carbonyl (C=O) groups is 2. The van der Waals surface area contributed by atoms with E-state index in [4.69, 9.17) is 4.74 Å². The highest BCUT2D eigenvalue weighted by Crippen LogP contribution is 2.14. The van der Waals surface area contributed by atoms with E-state index in [1.54, 1.807) is 11.8 Å². The van der Waals surface area contributed by atoms with Crippen LogP contribution in [-0.2, 0) is 9.53 Å². The van der Waals surface area contributed by atoms with Crippen molar-refractivity contribution in [2.45, 2.75) is 26.7 Å². The van der Waals surface area contributed by atoms with Crippen LogP contribution in [0.15, 0.2) is 48.8 Å². The van der Waals surface area contributed by atoms with Crippen molar-refractivity contribution >= 4 is 11.9 Å². The normalized spacial score (nSPS) is 11.8. The van der Waals surface area contributed by atoms with Crippen LogP contribution in [-0.4, -0.2) is 41.5 Å². The summed E-state index contributed by atoms with van der Waals surface area (Å²) in [6.07, 6.45) is 5.81. The highest BCUT2D eigenvalue weighted by molar-refractivity contribution is 5.94. The third-order valence-corrected chi connectivity index (χ3v) is 4.18. The quantitative estimate of drug-likeness (QED) is 0.690. The van der Waals surface area contributed by atoms with Crippen molar-refractivity contribution in [3.63, 3.8) is 0 Å². The number of carbonyl (C=O) groups excluding carboxylic acids is 2. The molecule has 0 aliphatic heterocycles. The number of aromatic nitrogens is 1. The second-order valence-corrected chi connectivity index (χ2v) is 6.17. The maximum absolute atomic E-state index is 12.9. The monoisotopic (exact) mass is 342 g/mol. The van der Waals surface area contributed by atoms with E-state index >= 15 is 0 Å². The van der Waals surface area contributed by atoms with Crippen LogP contribution in [0.3, 0.4) is 0 Å². The molecule has 0 saturated carbocycles. The van der Waals surface area contributed by atoms with Crippen LogP contribution < -0.4 is 0 Å². The molecule has 0 aliphatic carbocycles. The molecule has 0 radical (unpaired) electrons. The summed E-state index contributed by atoms with van der Waals surface area (Å²) in [7, 11) is 1.37. The third kappa shape index (κ3) is 4.95. The third-order valence-electron chi connectivity index (χ3n) is 4.18. The van der Waals surface area contributed by atoms with Gasteiger partial charge in [0.15, 0.2) is 0 Å². The summed E-state index contributed by atoms with van der Waals surface area (Å²) in [5.74, 6) is -0.689. The Morgan fingerprint density at radius 3 is 2.36 bits per heavy atom. The Morgan fingerprint density at radius 1 is 1.16 bits per heavy atom. The minimum Gasteiger partial charge on any atom is -0.469 e. The lowest BCUT2D eigenvalue weighted by Gasteiger charge is -2.25. The largest absolute Gasteiger partial charge is 0.469 e. The van der Waals surface area contributed by atoms with Gasteiger partial charge in [-0.3, -0.25) is 9.59 Å². The number of amides is 1. The van der Waals surface area contributed by atoms with E-state index in [0.717, 1.165) is 18.5 Å². The number of esters is 1. The Morgan fingerprint density at radius 2 is 1.80 bits per heavy atom. The van der Waals surface area contributed by atoms with Gasteiger partial charge in [-0.25, -0.2) is 0 Å². The summed E-state index contributed by atoms with van der Waals surface area (Å²) >= 11 is 0. The van der Waals surface area contributed by atoms with Crippen LogP contribution in [0.1, 0.15) is 37.0 Å². The maximum Gasteiger partial charge on any atom is 0.310 e. The fourth-order valence-electron chi connectivity index (χ4n) is 2.70. The van der Waals surface area contributed by atoms with E-state index in [9.17, 15) is 9.59 Å². The first kappa shape index (κ1) is 18.8. The molecule has 2 rings (SSSR count). The molecular formula is C20H26N2O3. The number of benzene rings is 1. The Bertz CT molecular complexity index is 677. The second kappa shape index (κ2) is 9.06. The predicted molar refractivity (Wildman–Crippen MR) is 97.8 cm³/mol. The van der Waals surface area contributed by atoms with Crippen molar-refractivity contribution in [3.8, 4) is 5.69 Å². The SMILES string of the molecule is CCCCN(CC(C)C(=O)OC)C(=O)c1ccc(-n2cccc2)cc1. The summed E-state index contributed by atoms with van der Waals surface area (Å²) in [5.41, 5.74) is 1.63. The topological polar surface area (TPSA) is 51.5 Å².